The molecule has 4 nitrogen and oxygen atoms in total. The molecular formula is C13H22N2O2S. The quantitative estimate of drug-likeness (QED) is 0.714. The second-order valence-electron chi connectivity index (χ2n) is 4.28. The van der Waals surface area contributed by atoms with E-state index in [0.29, 0.717) is 12.1 Å². The van der Waals surface area contributed by atoms with Crippen LogP contribution in [0.2, 0.25) is 0 Å². The lowest BCUT2D eigenvalue weighted by molar-refractivity contribution is 0.600. The van der Waals surface area contributed by atoms with E-state index in [1.807, 2.05) is 19.1 Å². The van der Waals surface area contributed by atoms with Crippen LogP contribution in [0.15, 0.2) is 24.3 Å². The summed E-state index contributed by atoms with van der Waals surface area (Å²) in [5, 5.41) is 3.28. The van der Waals surface area contributed by atoms with Crippen molar-refractivity contribution in [3.8, 4) is 0 Å². The molecule has 0 aliphatic carbocycles. The molecule has 0 saturated carbocycles. The number of unbranched alkanes of at least 4 members (excludes halogenated alkanes) is 1. The summed E-state index contributed by atoms with van der Waals surface area (Å²) in [5.41, 5.74) is 1.63. The third-order valence-corrected chi connectivity index (χ3v) is 3.98. The summed E-state index contributed by atoms with van der Waals surface area (Å²) in [5.74, 6) is 0.156. The molecule has 1 rings (SSSR count). The topological polar surface area (TPSA) is 58.2 Å². The summed E-state index contributed by atoms with van der Waals surface area (Å²) in [6.07, 6.45) is 2.90. The van der Waals surface area contributed by atoms with Gasteiger partial charge in [0.1, 0.15) is 0 Å². The lowest BCUT2D eigenvalue weighted by Gasteiger charge is -2.09. The smallest absolute Gasteiger partial charge is 0.232 e. The Kier molecular flexibility index (Phi) is 5.98. The second kappa shape index (κ2) is 7.26. The Bertz CT molecular complexity index is 441. The molecule has 0 aromatic heterocycles. The van der Waals surface area contributed by atoms with Gasteiger partial charge in [0.15, 0.2) is 0 Å². The average molecular weight is 270 g/mol. The normalized spacial score (nSPS) is 11.2. The highest BCUT2D eigenvalue weighted by molar-refractivity contribution is 7.92. The van der Waals surface area contributed by atoms with Crippen molar-refractivity contribution in [2.75, 3.05) is 22.3 Å². The van der Waals surface area contributed by atoms with E-state index in [-0.39, 0.29) is 5.75 Å². The van der Waals surface area contributed by atoms with Gasteiger partial charge in [0.2, 0.25) is 10.0 Å². The number of sulfonamides is 1. The van der Waals surface area contributed by atoms with Gasteiger partial charge >= 0.3 is 0 Å². The van der Waals surface area contributed by atoms with Crippen LogP contribution in [0.1, 0.15) is 33.1 Å². The Labute approximate surface area is 110 Å². The highest BCUT2D eigenvalue weighted by Crippen LogP contribution is 2.15. The van der Waals surface area contributed by atoms with Crippen LogP contribution in [-0.2, 0) is 10.0 Å². The molecule has 18 heavy (non-hydrogen) atoms. The van der Waals surface area contributed by atoms with Crippen molar-refractivity contribution in [1.82, 2.24) is 0 Å². The van der Waals surface area contributed by atoms with Crippen LogP contribution in [0.3, 0.4) is 0 Å². The third-order valence-electron chi connectivity index (χ3n) is 2.49. The second-order valence-corrected chi connectivity index (χ2v) is 6.12. The fourth-order valence-electron chi connectivity index (χ4n) is 1.56. The van der Waals surface area contributed by atoms with Crippen LogP contribution in [0.25, 0.3) is 0 Å². The molecule has 2 N–H and O–H groups in total. The maximum Gasteiger partial charge on any atom is 0.232 e. The summed E-state index contributed by atoms with van der Waals surface area (Å²) in [7, 11) is -3.19. The van der Waals surface area contributed by atoms with Gasteiger partial charge in [-0.3, -0.25) is 4.72 Å². The molecule has 0 fully saturated rings. The predicted molar refractivity (Wildman–Crippen MR) is 77.5 cm³/mol. The van der Waals surface area contributed by atoms with Crippen molar-refractivity contribution in [3.63, 3.8) is 0 Å². The largest absolute Gasteiger partial charge is 0.385 e. The highest BCUT2D eigenvalue weighted by atomic mass is 32.2. The Hall–Kier alpha value is -1.23. The number of hydrogen-bond acceptors (Lipinski definition) is 3. The fraction of sp³-hybridized carbons (Fsp3) is 0.538. The van der Waals surface area contributed by atoms with Crippen LogP contribution in [0.4, 0.5) is 11.4 Å². The molecule has 0 aliphatic heterocycles. The summed E-state index contributed by atoms with van der Waals surface area (Å²) >= 11 is 0. The SMILES string of the molecule is CCCCNc1ccc(NS(=O)(=O)CCC)cc1. The zero-order chi connectivity index (χ0) is 13.4. The predicted octanol–water partition coefficient (Wildman–Crippen LogP) is 3.05. The zero-order valence-electron chi connectivity index (χ0n) is 11.1. The van der Waals surface area contributed by atoms with Gasteiger partial charge in [-0.1, -0.05) is 20.3 Å². The first kappa shape index (κ1) is 14.8. The first-order valence-electron chi connectivity index (χ1n) is 6.42. The monoisotopic (exact) mass is 270 g/mol. The fourth-order valence-corrected chi connectivity index (χ4v) is 2.70. The van der Waals surface area contributed by atoms with Crippen LogP contribution in [0.5, 0.6) is 0 Å². The van der Waals surface area contributed by atoms with Crippen LogP contribution in [-0.4, -0.2) is 20.7 Å². The van der Waals surface area contributed by atoms with Gasteiger partial charge in [-0.15, -0.1) is 0 Å². The van der Waals surface area contributed by atoms with E-state index < -0.39 is 10.0 Å². The summed E-state index contributed by atoms with van der Waals surface area (Å²) < 4.78 is 25.7. The van der Waals surface area contributed by atoms with Crippen LogP contribution >= 0.6 is 0 Å². The van der Waals surface area contributed by atoms with Crippen molar-refractivity contribution in [1.29, 1.82) is 0 Å². The lowest BCUT2D eigenvalue weighted by Crippen LogP contribution is -2.16. The van der Waals surface area contributed by atoms with E-state index in [0.717, 1.165) is 25.1 Å². The van der Waals surface area contributed by atoms with Crippen molar-refractivity contribution in [3.05, 3.63) is 24.3 Å². The highest BCUT2D eigenvalue weighted by Gasteiger charge is 2.08. The minimum absolute atomic E-state index is 0.156. The Morgan fingerprint density at radius 1 is 1.00 bits per heavy atom. The van der Waals surface area contributed by atoms with Gasteiger partial charge in [-0.05, 0) is 37.1 Å². The maximum atomic E-state index is 11.6. The van der Waals surface area contributed by atoms with Gasteiger partial charge in [-0.2, -0.15) is 0 Å². The molecular weight excluding hydrogens is 248 g/mol. The van der Waals surface area contributed by atoms with E-state index in [1.165, 1.54) is 0 Å². The molecule has 1 aromatic carbocycles. The molecule has 0 bridgehead atoms. The van der Waals surface area contributed by atoms with E-state index in [4.69, 9.17) is 0 Å². The Morgan fingerprint density at radius 2 is 1.61 bits per heavy atom. The van der Waals surface area contributed by atoms with Crippen LogP contribution in [0, 0.1) is 0 Å². The van der Waals surface area contributed by atoms with Gasteiger partial charge in [0.05, 0.1) is 5.75 Å². The Balaban J connectivity index is 2.55. The van der Waals surface area contributed by atoms with E-state index in [9.17, 15) is 8.42 Å². The van der Waals surface area contributed by atoms with E-state index >= 15 is 0 Å². The van der Waals surface area contributed by atoms with Crippen molar-refractivity contribution in [2.45, 2.75) is 33.1 Å². The molecule has 5 heteroatoms. The molecule has 0 spiro atoms. The minimum atomic E-state index is -3.19. The molecule has 0 aliphatic rings. The summed E-state index contributed by atoms with van der Waals surface area (Å²) in [4.78, 5) is 0. The molecule has 1 aromatic rings. The van der Waals surface area contributed by atoms with E-state index in [2.05, 4.69) is 17.0 Å². The van der Waals surface area contributed by atoms with Gasteiger partial charge in [-0.25, -0.2) is 8.42 Å². The number of rotatable bonds is 8. The molecule has 0 radical (unpaired) electrons. The lowest BCUT2D eigenvalue weighted by atomic mass is 10.2. The molecule has 0 unspecified atom stereocenters. The Morgan fingerprint density at radius 3 is 2.17 bits per heavy atom. The molecule has 0 saturated heterocycles. The molecule has 0 heterocycles. The summed E-state index contributed by atoms with van der Waals surface area (Å²) in [6, 6.07) is 7.34. The van der Waals surface area contributed by atoms with Crippen molar-refractivity contribution >= 4 is 21.4 Å². The molecule has 0 atom stereocenters. The first-order chi connectivity index (χ1) is 8.57. The third kappa shape index (κ3) is 5.40. The number of hydrogen-bond donors (Lipinski definition) is 2. The summed E-state index contributed by atoms with van der Waals surface area (Å²) in [6.45, 7) is 4.94. The van der Waals surface area contributed by atoms with Gasteiger partial charge < -0.3 is 5.32 Å². The zero-order valence-corrected chi connectivity index (χ0v) is 11.9. The first-order valence-corrected chi connectivity index (χ1v) is 8.07. The van der Waals surface area contributed by atoms with Crippen molar-refractivity contribution in [2.24, 2.45) is 0 Å². The standard InChI is InChI=1S/C13H22N2O2S/c1-3-5-10-14-12-6-8-13(9-7-12)15-18(16,17)11-4-2/h6-9,14-15H,3-5,10-11H2,1-2H3. The van der Waals surface area contributed by atoms with Crippen LogP contribution < -0.4 is 10.0 Å². The number of benzene rings is 1. The van der Waals surface area contributed by atoms with E-state index in [1.54, 1.807) is 12.1 Å². The number of nitrogens with one attached hydrogen (secondary N) is 2. The molecule has 0 amide bonds. The average Bonchev–Trinajstić information content (AvgIpc) is 2.31. The van der Waals surface area contributed by atoms with Gasteiger partial charge in [0, 0.05) is 17.9 Å². The van der Waals surface area contributed by atoms with Gasteiger partial charge in [0.25, 0.3) is 0 Å². The maximum absolute atomic E-state index is 11.6. The molecule has 102 valence electrons. The van der Waals surface area contributed by atoms with Crippen molar-refractivity contribution < 1.29 is 8.42 Å². The number of anilines is 2. The minimum Gasteiger partial charge on any atom is -0.385 e.